The van der Waals surface area contributed by atoms with Crippen LogP contribution in [0.3, 0.4) is 0 Å². The van der Waals surface area contributed by atoms with Gasteiger partial charge < -0.3 is 10.6 Å². The number of hydrogen-bond donors (Lipinski definition) is 1. The predicted molar refractivity (Wildman–Crippen MR) is 104 cm³/mol. The van der Waals surface area contributed by atoms with Gasteiger partial charge in [0.15, 0.2) is 0 Å². The lowest BCUT2D eigenvalue weighted by molar-refractivity contribution is 0.0793. The number of imidazole rings is 1. The molecular formula is C20H20N6O. The number of carbonyl (C=O) groups excluding carboxylic acids is 1. The van der Waals surface area contributed by atoms with Gasteiger partial charge in [0.1, 0.15) is 11.3 Å². The van der Waals surface area contributed by atoms with E-state index in [1.807, 2.05) is 57.6 Å². The molecule has 0 unspecified atom stereocenters. The standard InChI is InChI=1S/C20H20N6O/c1-24-16-10-13(20(27)25-8-2-3-9-25)4-6-15(16)19(23-24)17-11-22-18-7-5-14(21)12-26(17)18/h4-7,10-12H,2-3,8-9,21H2,1H3. The second-order valence-electron chi connectivity index (χ2n) is 7.04. The summed E-state index contributed by atoms with van der Waals surface area (Å²) in [5.74, 6) is 0.0970. The first-order valence-corrected chi connectivity index (χ1v) is 9.11. The highest BCUT2D eigenvalue weighted by molar-refractivity contribution is 6.01. The van der Waals surface area contributed by atoms with E-state index in [1.165, 1.54) is 0 Å². The fourth-order valence-corrected chi connectivity index (χ4v) is 3.85. The molecule has 1 fully saturated rings. The first-order valence-electron chi connectivity index (χ1n) is 9.11. The van der Waals surface area contributed by atoms with Crippen molar-refractivity contribution in [1.29, 1.82) is 0 Å². The topological polar surface area (TPSA) is 81.5 Å². The first kappa shape index (κ1) is 15.9. The summed E-state index contributed by atoms with van der Waals surface area (Å²) < 4.78 is 3.76. The number of pyridine rings is 1. The number of aryl methyl sites for hydroxylation is 1. The maximum atomic E-state index is 12.7. The molecule has 0 radical (unpaired) electrons. The van der Waals surface area contributed by atoms with Crippen LogP contribution in [0.4, 0.5) is 5.69 Å². The van der Waals surface area contributed by atoms with E-state index >= 15 is 0 Å². The van der Waals surface area contributed by atoms with Gasteiger partial charge in [-0.1, -0.05) is 0 Å². The smallest absolute Gasteiger partial charge is 0.253 e. The molecule has 1 saturated heterocycles. The number of nitrogens with two attached hydrogens (primary N) is 1. The average Bonchev–Trinajstić information content (AvgIpc) is 3.40. The van der Waals surface area contributed by atoms with E-state index in [0.29, 0.717) is 11.3 Å². The molecule has 0 saturated carbocycles. The quantitative estimate of drug-likeness (QED) is 0.596. The van der Waals surface area contributed by atoms with Gasteiger partial charge in [-0.15, -0.1) is 0 Å². The SMILES string of the molecule is Cn1nc(-c2cnc3ccc(N)cn23)c2ccc(C(=O)N3CCCC3)cc21. The molecule has 2 N–H and O–H groups in total. The number of rotatable bonds is 2. The van der Waals surface area contributed by atoms with Crippen molar-refractivity contribution in [3.05, 3.63) is 48.3 Å². The van der Waals surface area contributed by atoms with Crippen molar-refractivity contribution >= 4 is 28.1 Å². The van der Waals surface area contributed by atoms with Crippen LogP contribution in [0.15, 0.2) is 42.7 Å². The summed E-state index contributed by atoms with van der Waals surface area (Å²) in [6.07, 6.45) is 5.83. The number of likely N-dealkylation sites (tertiary alicyclic amines) is 1. The third kappa shape index (κ3) is 2.46. The van der Waals surface area contributed by atoms with Crippen LogP contribution in [0.1, 0.15) is 23.2 Å². The highest BCUT2D eigenvalue weighted by atomic mass is 16.2. The highest BCUT2D eigenvalue weighted by Gasteiger charge is 2.21. The Morgan fingerprint density at radius 1 is 1.15 bits per heavy atom. The monoisotopic (exact) mass is 360 g/mol. The Morgan fingerprint density at radius 2 is 1.96 bits per heavy atom. The fraction of sp³-hybridized carbons (Fsp3) is 0.250. The van der Waals surface area contributed by atoms with Gasteiger partial charge in [0.05, 0.1) is 17.4 Å². The lowest BCUT2D eigenvalue weighted by Crippen LogP contribution is -2.27. The lowest BCUT2D eigenvalue weighted by Gasteiger charge is -2.15. The Balaban J connectivity index is 1.64. The van der Waals surface area contributed by atoms with Gasteiger partial charge in [0.25, 0.3) is 5.91 Å². The minimum atomic E-state index is 0.0970. The molecule has 27 heavy (non-hydrogen) atoms. The van der Waals surface area contributed by atoms with Gasteiger partial charge in [-0.05, 0) is 43.2 Å². The zero-order valence-corrected chi connectivity index (χ0v) is 15.1. The zero-order chi connectivity index (χ0) is 18.5. The van der Waals surface area contributed by atoms with Crippen molar-refractivity contribution in [2.24, 2.45) is 7.05 Å². The van der Waals surface area contributed by atoms with Crippen LogP contribution in [-0.2, 0) is 7.05 Å². The van der Waals surface area contributed by atoms with Gasteiger partial charge in [-0.3, -0.25) is 13.9 Å². The Bertz CT molecular complexity index is 1180. The van der Waals surface area contributed by atoms with E-state index in [4.69, 9.17) is 10.8 Å². The minimum Gasteiger partial charge on any atom is -0.398 e. The van der Waals surface area contributed by atoms with Gasteiger partial charge in [0.2, 0.25) is 0 Å². The molecule has 1 aliphatic rings. The van der Waals surface area contributed by atoms with Crippen LogP contribution in [0.5, 0.6) is 0 Å². The van der Waals surface area contributed by atoms with Crippen molar-refractivity contribution in [1.82, 2.24) is 24.1 Å². The number of amides is 1. The maximum Gasteiger partial charge on any atom is 0.253 e. The molecule has 0 bridgehead atoms. The van der Waals surface area contributed by atoms with Crippen LogP contribution < -0.4 is 5.73 Å². The first-order chi connectivity index (χ1) is 13.1. The molecule has 136 valence electrons. The van der Waals surface area contributed by atoms with E-state index in [1.54, 1.807) is 6.20 Å². The number of hydrogen-bond acceptors (Lipinski definition) is 4. The molecular weight excluding hydrogens is 340 g/mol. The largest absolute Gasteiger partial charge is 0.398 e. The molecule has 5 rings (SSSR count). The molecule has 1 aliphatic heterocycles. The fourth-order valence-electron chi connectivity index (χ4n) is 3.85. The van der Waals surface area contributed by atoms with E-state index in [0.717, 1.165) is 53.9 Å². The summed E-state index contributed by atoms with van der Waals surface area (Å²) in [5.41, 5.74) is 10.8. The number of fused-ring (bicyclic) bond motifs is 2. The van der Waals surface area contributed by atoms with Gasteiger partial charge in [-0.25, -0.2) is 4.98 Å². The molecule has 7 nitrogen and oxygen atoms in total. The van der Waals surface area contributed by atoms with Crippen molar-refractivity contribution in [2.45, 2.75) is 12.8 Å². The zero-order valence-electron chi connectivity index (χ0n) is 15.1. The molecule has 0 spiro atoms. The Labute approximate surface area is 156 Å². The second-order valence-corrected chi connectivity index (χ2v) is 7.04. The Hall–Kier alpha value is -3.35. The van der Waals surface area contributed by atoms with E-state index in [2.05, 4.69) is 4.98 Å². The number of benzene rings is 1. The van der Waals surface area contributed by atoms with E-state index in [9.17, 15) is 4.79 Å². The number of nitrogen functional groups attached to an aromatic ring is 1. The maximum absolute atomic E-state index is 12.7. The van der Waals surface area contributed by atoms with Crippen LogP contribution in [0.2, 0.25) is 0 Å². The minimum absolute atomic E-state index is 0.0970. The molecule has 4 aromatic rings. The van der Waals surface area contributed by atoms with E-state index in [-0.39, 0.29) is 5.91 Å². The highest BCUT2D eigenvalue weighted by Crippen LogP contribution is 2.29. The number of carbonyl (C=O) groups is 1. The third-order valence-electron chi connectivity index (χ3n) is 5.26. The van der Waals surface area contributed by atoms with Gasteiger partial charge in [0, 0.05) is 43.0 Å². The number of nitrogens with zero attached hydrogens (tertiary/aromatic N) is 5. The van der Waals surface area contributed by atoms with Crippen LogP contribution in [0, 0.1) is 0 Å². The second kappa shape index (κ2) is 5.84. The summed E-state index contributed by atoms with van der Waals surface area (Å²) in [7, 11) is 1.90. The summed E-state index contributed by atoms with van der Waals surface area (Å²) in [6, 6.07) is 9.53. The van der Waals surface area contributed by atoms with Crippen molar-refractivity contribution in [3.8, 4) is 11.4 Å². The average molecular weight is 360 g/mol. The summed E-state index contributed by atoms with van der Waals surface area (Å²) in [4.78, 5) is 19.1. The normalized spacial score (nSPS) is 14.5. The van der Waals surface area contributed by atoms with Crippen molar-refractivity contribution < 1.29 is 4.79 Å². The molecule has 0 aliphatic carbocycles. The summed E-state index contributed by atoms with van der Waals surface area (Å²) in [6.45, 7) is 1.69. The predicted octanol–water partition coefficient (Wildman–Crippen LogP) is 2.71. The molecule has 0 atom stereocenters. The number of anilines is 1. The van der Waals surface area contributed by atoms with Crippen LogP contribution >= 0.6 is 0 Å². The lowest BCUT2D eigenvalue weighted by atomic mass is 10.1. The molecule has 7 heteroatoms. The summed E-state index contributed by atoms with van der Waals surface area (Å²) >= 11 is 0. The van der Waals surface area contributed by atoms with Gasteiger partial charge >= 0.3 is 0 Å². The Morgan fingerprint density at radius 3 is 2.78 bits per heavy atom. The van der Waals surface area contributed by atoms with E-state index < -0.39 is 0 Å². The van der Waals surface area contributed by atoms with Crippen LogP contribution in [-0.4, -0.2) is 43.1 Å². The summed E-state index contributed by atoms with van der Waals surface area (Å²) in [5, 5.41) is 5.69. The number of aromatic nitrogens is 4. The molecule has 1 amide bonds. The Kier molecular flexibility index (Phi) is 3.43. The third-order valence-corrected chi connectivity index (χ3v) is 5.26. The molecule has 3 aromatic heterocycles. The van der Waals surface area contributed by atoms with Crippen LogP contribution in [0.25, 0.3) is 27.9 Å². The molecule has 1 aromatic carbocycles. The van der Waals surface area contributed by atoms with Crippen molar-refractivity contribution in [3.63, 3.8) is 0 Å². The van der Waals surface area contributed by atoms with Gasteiger partial charge in [-0.2, -0.15) is 5.10 Å². The molecule has 4 heterocycles. The van der Waals surface area contributed by atoms with Crippen molar-refractivity contribution in [2.75, 3.05) is 18.8 Å².